The first-order chi connectivity index (χ1) is 9.09. The molecule has 20 heavy (non-hydrogen) atoms. The predicted octanol–water partition coefficient (Wildman–Crippen LogP) is 3.30. The van der Waals surface area contributed by atoms with Gasteiger partial charge in [-0.1, -0.05) is 20.3 Å². The van der Waals surface area contributed by atoms with E-state index >= 15 is 0 Å². The van der Waals surface area contributed by atoms with Crippen LogP contribution in [-0.4, -0.2) is 15.6 Å². The Labute approximate surface area is 121 Å². The molecule has 0 fully saturated rings. The van der Waals surface area contributed by atoms with Crippen LogP contribution >= 0.6 is 15.9 Å². The largest absolute Gasteiger partial charge is 0.480 e. The van der Waals surface area contributed by atoms with Gasteiger partial charge in [-0.05, 0) is 21.8 Å². The Morgan fingerprint density at radius 1 is 1.50 bits per heavy atom. The fraction of sp³-hybridized carbons (Fsp3) is 0.500. The molecule has 4 nitrogen and oxygen atoms in total. The average molecular weight is 356 g/mol. The monoisotopic (exact) mass is 355 g/mol. The Morgan fingerprint density at radius 3 is 2.45 bits per heavy atom. The van der Waals surface area contributed by atoms with Crippen molar-refractivity contribution in [1.82, 2.24) is 4.57 Å². The molecule has 2 atom stereocenters. The van der Waals surface area contributed by atoms with Crippen molar-refractivity contribution in [3.8, 4) is 0 Å². The predicted molar refractivity (Wildman–Crippen MR) is 69.5 cm³/mol. The summed E-state index contributed by atoms with van der Waals surface area (Å²) < 4.78 is 38.4. The van der Waals surface area contributed by atoms with E-state index in [1.165, 1.54) is 0 Å². The molecule has 1 aromatic rings. The minimum absolute atomic E-state index is 0.362. The summed E-state index contributed by atoms with van der Waals surface area (Å²) in [5.41, 5.74) is -2.11. The Bertz CT molecular complexity index is 568. The lowest BCUT2D eigenvalue weighted by Gasteiger charge is -2.22. The molecule has 0 spiro atoms. The first-order valence-corrected chi connectivity index (χ1v) is 6.60. The van der Waals surface area contributed by atoms with Crippen LogP contribution in [0.3, 0.4) is 0 Å². The van der Waals surface area contributed by atoms with Crippen LogP contribution < -0.4 is 5.56 Å². The van der Waals surface area contributed by atoms with Crippen LogP contribution in [0.4, 0.5) is 13.2 Å². The Hall–Kier alpha value is -1.31. The van der Waals surface area contributed by atoms with Crippen molar-refractivity contribution in [2.75, 3.05) is 0 Å². The Kier molecular flexibility index (Phi) is 5.01. The summed E-state index contributed by atoms with van der Waals surface area (Å²) in [7, 11) is 0. The van der Waals surface area contributed by atoms with Crippen LogP contribution in [-0.2, 0) is 11.0 Å². The van der Waals surface area contributed by atoms with Crippen molar-refractivity contribution in [3.05, 3.63) is 32.7 Å². The van der Waals surface area contributed by atoms with Crippen LogP contribution in [0.5, 0.6) is 0 Å². The number of rotatable bonds is 4. The zero-order valence-electron chi connectivity index (χ0n) is 10.7. The number of aromatic nitrogens is 1. The molecule has 1 aromatic heterocycles. The normalized spacial score (nSPS) is 14.9. The van der Waals surface area contributed by atoms with Crippen molar-refractivity contribution >= 4 is 21.9 Å². The van der Waals surface area contributed by atoms with Crippen LogP contribution in [0.1, 0.15) is 31.9 Å². The molecule has 0 aromatic carbocycles. The van der Waals surface area contributed by atoms with Crippen molar-refractivity contribution in [3.63, 3.8) is 0 Å². The summed E-state index contributed by atoms with van der Waals surface area (Å²) in [5.74, 6) is -1.65. The molecule has 112 valence electrons. The van der Waals surface area contributed by atoms with E-state index in [0.717, 1.165) is 10.8 Å². The molecular weight excluding hydrogens is 343 g/mol. The number of pyridine rings is 1. The van der Waals surface area contributed by atoms with E-state index in [4.69, 9.17) is 0 Å². The van der Waals surface area contributed by atoms with E-state index in [1.807, 2.05) is 0 Å². The molecule has 0 aliphatic heterocycles. The molecule has 1 heterocycles. The third-order valence-corrected chi connectivity index (χ3v) is 3.70. The minimum atomic E-state index is -4.67. The quantitative estimate of drug-likeness (QED) is 0.901. The molecular formula is C12H13BrF3NO3. The topological polar surface area (TPSA) is 59.3 Å². The number of carboxylic acid groups (broad SMARTS) is 1. The number of alkyl halides is 3. The van der Waals surface area contributed by atoms with Gasteiger partial charge in [0.25, 0.3) is 5.56 Å². The molecule has 0 radical (unpaired) electrons. The van der Waals surface area contributed by atoms with Gasteiger partial charge in [0.15, 0.2) is 0 Å². The minimum Gasteiger partial charge on any atom is -0.480 e. The van der Waals surface area contributed by atoms with Gasteiger partial charge in [-0.3, -0.25) is 9.36 Å². The number of aliphatic carboxylic acids is 1. The fourth-order valence-electron chi connectivity index (χ4n) is 1.82. The number of hydrogen-bond acceptors (Lipinski definition) is 2. The number of carboxylic acids is 1. The number of hydrogen-bond donors (Lipinski definition) is 1. The SMILES string of the molecule is CC[C@@H](C)C(C(=O)O)n1cc(Br)c(C(F)(F)F)cc1=O. The van der Waals surface area contributed by atoms with Gasteiger partial charge in [0.2, 0.25) is 0 Å². The summed E-state index contributed by atoms with van der Waals surface area (Å²) in [6.07, 6.45) is -3.32. The zero-order chi connectivity index (χ0) is 15.7. The highest BCUT2D eigenvalue weighted by molar-refractivity contribution is 9.10. The summed E-state index contributed by atoms with van der Waals surface area (Å²) >= 11 is 2.73. The van der Waals surface area contributed by atoms with Gasteiger partial charge < -0.3 is 5.11 Å². The van der Waals surface area contributed by atoms with E-state index in [9.17, 15) is 27.9 Å². The second kappa shape index (κ2) is 5.99. The van der Waals surface area contributed by atoms with Gasteiger partial charge in [-0.25, -0.2) is 4.79 Å². The van der Waals surface area contributed by atoms with Crippen LogP contribution in [0.25, 0.3) is 0 Å². The molecule has 0 bridgehead atoms. The highest BCUT2D eigenvalue weighted by atomic mass is 79.9. The maximum atomic E-state index is 12.7. The molecule has 0 aliphatic rings. The van der Waals surface area contributed by atoms with E-state index in [-0.39, 0.29) is 4.47 Å². The third kappa shape index (κ3) is 3.41. The zero-order valence-corrected chi connectivity index (χ0v) is 12.3. The van der Waals surface area contributed by atoms with Gasteiger partial charge in [0.05, 0.1) is 5.56 Å². The second-order valence-corrected chi connectivity index (χ2v) is 5.30. The van der Waals surface area contributed by atoms with Gasteiger partial charge in [0, 0.05) is 16.7 Å². The maximum absolute atomic E-state index is 12.7. The van der Waals surface area contributed by atoms with Crippen molar-refractivity contribution in [2.45, 2.75) is 32.5 Å². The summed E-state index contributed by atoms with van der Waals surface area (Å²) in [4.78, 5) is 23.0. The standard InChI is InChI=1S/C12H13BrF3NO3/c1-3-6(2)10(11(19)20)17-5-8(13)7(4-9(17)18)12(14,15)16/h4-6,10H,3H2,1-2H3,(H,19,20)/t6-,10?/m1/s1. The van der Waals surface area contributed by atoms with Gasteiger partial charge in [0.1, 0.15) is 6.04 Å². The van der Waals surface area contributed by atoms with E-state index in [1.54, 1.807) is 13.8 Å². The van der Waals surface area contributed by atoms with E-state index < -0.39 is 35.2 Å². The molecule has 0 saturated heterocycles. The second-order valence-electron chi connectivity index (χ2n) is 4.45. The smallest absolute Gasteiger partial charge is 0.417 e. The molecule has 0 aliphatic carbocycles. The molecule has 1 rings (SSSR count). The third-order valence-electron chi connectivity index (χ3n) is 3.07. The molecule has 1 N–H and O–H groups in total. The van der Waals surface area contributed by atoms with Crippen molar-refractivity contribution in [2.24, 2.45) is 5.92 Å². The van der Waals surface area contributed by atoms with Crippen molar-refractivity contribution < 1.29 is 23.1 Å². The highest BCUT2D eigenvalue weighted by Gasteiger charge is 2.35. The molecule has 1 unspecified atom stereocenters. The maximum Gasteiger partial charge on any atom is 0.417 e. The Balaban J connectivity index is 3.44. The van der Waals surface area contributed by atoms with E-state index in [0.29, 0.717) is 12.5 Å². The fourth-order valence-corrected chi connectivity index (χ4v) is 2.38. The van der Waals surface area contributed by atoms with Gasteiger partial charge >= 0.3 is 12.1 Å². The summed E-state index contributed by atoms with van der Waals surface area (Å²) in [6.45, 7) is 3.36. The first kappa shape index (κ1) is 16.7. The van der Waals surface area contributed by atoms with Gasteiger partial charge in [-0.2, -0.15) is 13.2 Å². The number of nitrogens with zero attached hydrogens (tertiary/aromatic N) is 1. The Morgan fingerprint density at radius 2 is 2.05 bits per heavy atom. The van der Waals surface area contributed by atoms with Crippen LogP contribution in [0.2, 0.25) is 0 Å². The van der Waals surface area contributed by atoms with Gasteiger partial charge in [-0.15, -0.1) is 0 Å². The summed E-state index contributed by atoms with van der Waals surface area (Å²) in [6, 6.07) is -0.798. The lowest BCUT2D eigenvalue weighted by molar-refractivity contribution is -0.142. The molecule has 8 heteroatoms. The number of halogens is 4. The van der Waals surface area contributed by atoms with Crippen molar-refractivity contribution in [1.29, 1.82) is 0 Å². The average Bonchev–Trinajstić information content (AvgIpc) is 2.31. The lowest BCUT2D eigenvalue weighted by Crippen LogP contribution is -2.34. The van der Waals surface area contributed by atoms with E-state index in [2.05, 4.69) is 15.9 Å². The lowest BCUT2D eigenvalue weighted by atomic mass is 9.99. The van der Waals surface area contributed by atoms with Crippen LogP contribution in [0, 0.1) is 5.92 Å². The molecule has 0 saturated carbocycles. The first-order valence-electron chi connectivity index (χ1n) is 5.81. The van der Waals surface area contributed by atoms with Crippen LogP contribution in [0.15, 0.2) is 21.5 Å². The number of carbonyl (C=O) groups is 1. The highest BCUT2D eigenvalue weighted by Crippen LogP contribution is 2.34. The summed E-state index contributed by atoms with van der Waals surface area (Å²) in [5, 5.41) is 9.18. The molecule has 0 amide bonds.